The third-order valence-electron chi connectivity index (χ3n) is 3.51. The van der Waals surface area contributed by atoms with Gasteiger partial charge in [-0.2, -0.15) is 0 Å². The molecule has 88 valence electrons. The second kappa shape index (κ2) is 5.65. The lowest BCUT2D eigenvalue weighted by molar-refractivity contribution is 0.278. The van der Waals surface area contributed by atoms with Gasteiger partial charge in [0, 0.05) is 6.20 Å². The van der Waals surface area contributed by atoms with E-state index >= 15 is 0 Å². The van der Waals surface area contributed by atoms with E-state index in [4.69, 9.17) is 11.6 Å². The molecule has 1 atom stereocenters. The van der Waals surface area contributed by atoms with Crippen LogP contribution < -0.4 is 5.32 Å². The van der Waals surface area contributed by atoms with Crippen molar-refractivity contribution in [3.8, 4) is 0 Å². The normalized spacial score (nSPS) is 19.6. The molecule has 1 unspecified atom stereocenters. The highest BCUT2D eigenvalue weighted by molar-refractivity contribution is 6.31. The van der Waals surface area contributed by atoms with E-state index in [2.05, 4.69) is 10.3 Å². The van der Waals surface area contributed by atoms with Crippen molar-refractivity contribution in [3.05, 3.63) is 29.0 Å². The maximum atomic E-state index is 6.21. The largest absolute Gasteiger partial charge is 0.311 e. The molecule has 1 aliphatic rings. The van der Waals surface area contributed by atoms with E-state index in [1.54, 1.807) is 0 Å². The summed E-state index contributed by atoms with van der Waals surface area (Å²) >= 11 is 6.21. The molecule has 1 saturated carbocycles. The zero-order valence-electron chi connectivity index (χ0n) is 9.75. The van der Waals surface area contributed by atoms with Gasteiger partial charge in [-0.1, -0.05) is 30.9 Å². The predicted octanol–water partition coefficient (Wildman–Crippen LogP) is 3.58. The van der Waals surface area contributed by atoms with Crippen molar-refractivity contribution in [1.82, 2.24) is 10.3 Å². The number of pyridine rings is 1. The zero-order valence-corrected chi connectivity index (χ0v) is 10.5. The molecular weight excluding hydrogens is 220 g/mol. The summed E-state index contributed by atoms with van der Waals surface area (Å²) in [6.07, 6.45) is 8.47. The van der Waals surface area contributed by atoms with Crippen LogP contribution in [0.2, 0.25) is 5.02 Å². The van der Waals surface area contributed by atoms with Gasteiger partial charge in [-0.15, -0.1) is 0 Å². The molecule has 0 aromatic carbocycles. The van der Waals surface area contributed by atoms with Crippen molar-refractivity contribution in [2.24, 2.45) is 5.92 Å². The van der Waals surface area contributed by atoms with E-state index in [-0.39, 0.29) is 0 Å². The van der Waals surface area contributed by atoms with Crippen LogP contribution in [-0.4, -0.2) is 12.0 Å². The van der Waals surface area contributed by atoms with Crippen LogP contribution in [0.15, 0.2) is 18.3 Å². The number of halogens is 1. The van der Waals surface area contributed by atoms with Gasteiger partial charge in [0.05, 0.1) is 16.8 Å². The van der Waals surface area contributed by atoms with Crippen LogP contribution in [0.25, 0.3) is 0 Å². The average molecular weight is 239 g/mol. The van der Waals surface area contributed by atoms with E-state index < -0.39 is 0 Å². The lowest BCUT2D eigenvalue weighted by atomic mass is 9.82. The van der Waals surface area contributed by atoms with Gasteiger partial charge in [-0.3, -0.25) is 4.98 Å². The summed E-state index contributed by atoms with van der Waals surface area (Å²) < 4.78 is 0. The first-order valence-electron chi connectivity index (χ1n) is 6.10. The Balaban J connectivity index is 2.18. The van der Waals surface area contributed by atoms with Gasteiger partial charge < -0.3 is 5.32 Å². The first-order valence-corrected chi connectivity index (χ1v) is 6.48. The van der Waals surface area contributed by atoms with E-state index in [1.807, 2.05) is 25.4 Å². The SMILES string of the molecule is CNC(c1ncccc1Cl)C1CCCCC1. The molecule has 2 rings (SSSR count). The maximum Gasteiger partial charge on any atom is 0.0761 e. The minimum Gasteiger partial charge on any atom is -0.311 e. The molecule has 3 heteroatoms. The quantitative estimate of drug-likeness (QED) is 0.871. The molecule has 2 nitrogen and oxygen atoms in total. The highest BCUT2D eigenvalue weighted by Gasteiger charge is 2.25. The van der Waals surface area contributed by atoms with Crippen LogP contribution in [0.5, 0.6) is 0 Å². The molecule has 1 fully saturated rings. The second-order valence-corrected chi connectivity index (χ2v) is 4.94. The molecule has 0 radical (unpaired) electrons. The van der Waals surface area contributed by atoms with E-state index in [0.29, 0.717) is 12.0 Å². The second-order valence-electron chi connectivity index (χ2n) is 4.53. The van der Waals surface area contributed by atoms with Crippen molar-refractivity contribution in [3.63, 3.8) is 0 Å². The Morgan fingerprint density at radius 2 is 2.12 bits per heavy atom. The molecule has 0 aliphatic heterocycles. The van der Waals surface area contributed by atoms with Gasteiger partial charge >= 0.3 is 0 Å². The van der Waals surface area contributed by atoms with Gasteiger partial charge in [0.25, 0.3) is 0 Å². The van der Waals surface area contributed by atoms with Crippen LogP contribution in [0.1, 0.15) is 43.8 Å². The summed E-state index contributed by atoms with van der Waals surface area (Å²) in [4.78, 5) is 4.43. The van der Waals surface area contributed by atoms with Gasteiger partial charge in [0.2, 0.25) is 0 Å². The molecule has 1 N–H and O–H groups in total. The first kappa shape index (κ1) is 11.9. The Morgan fingerprint density at radius 3 is 2.75 bits per heavy atom. The number of rotatable bonds is 3. The Labute approximate surface area is 102 Å². The highest BCUT2D eigenvalue weighted by Crippen LogP contribution is 2.35. The smallest absolute Gasteiger partial charge is 0.0761 e. The summed E-state index contributed by atoms with van der Waals surface area (Å²) in [6.45, 7) is 0. The third-order valence-corrected chi connectivity index (χ3v) is 3.83. The number of nitrogens with one attached hydrogen (secondary N) is 1. The summed E-state index contributed by atoms with van der Waals surface area (Å²) in [5.74, 6) is 0.686. The van der Waals surface area contributed by atoms with Gasteiger partial charge in [-0.05, 0) is 37.9 Å². The van der Waals surface area contributed by atoms with Crippen LogP contribution >= 0.6 is 11.6 Å². The molecule has 16 heavy (non-hydrogen) atoms. The third kappa shape index (κ3) is 2.55. The van der Waals surface area contributed by atoms with Gasteiger partial charge in [0.15, 0.2) is 0 Å². The maximum absolute atomic E-state index is 6.21. The Hall–Kier alpha value is -0.600. The summed E-state index contributed by atoms with van der Waals surface area (Å²) in [6, 6.07) is 4.13. The molecule has 1 heterocycles. The number of hydrogen-bond acceptors (Lipinski definition) is 2. The Bertz CT molecular complexity index is 334. The number of aromatic nitrogens is 1. The molecule has 0 saturated heterocycles. The van der Waals surface area contributed by atoms with Crippen LogP contribution in [-0.2, 0) is 0 Å². The van der Waals surface area contributed by atoms with Crippen molar-refractivity contribution < 1.29 is 0 Å². The fourth-order valence-corrected chi connectivity index (χ4v) is 2.93. The molecule has 1 aromatic rings. The standard InChI is InChI=1S/C13H19ClN2/c1-15-12(10-6-3-2-4-7-10)13-11(14)8-5-9-16-13/h5,8-10,12,15H,2-4,6-7H2,1H3. The van der Waals surface area contributed by atoms with E-state index in [1.165, 1.54) is 32.1 Å². The molecular formula is C13H19ClN2. The van der Waals surface area contributed by atoms with Crippen molar-refractivity contribution in [1.29, 1.82) is 0 Å². The first-order chi connectivity index (χ1) is 7.83. The topological polar surface area (TPSA) is 24.9 Å². The van der Waals surface area contributed by atoms with Crippen LogP contribution in [0, 0.1) is 5.92 Å². The van der Waals surface area contributed by atoms with Crippen molar-refractivity contribution in [2.45, 2.75) is 38.1 Å². The predicted molar refractivity (Wildman–Crippen MR) is 67.6 cm³/mol. The van der Waals surface area contributed by atoms with Crippen molar-refractivity contribution in [2.75, 3.05) is 7.05 Å². The summed E-state index contributed by atoms with van der Waals surface area (Å²) in [5.41, 5.74) is 1.01. The number of hydrogen-bond donors (Lipinski definition) is 1. The van der Waals surface area contributed by atoms with Crippen LogP contribution in [0.3, 0.4) is 0 Å². The minimum absolute atomic E-state index is 0.314. The van der Waals surface area contributed by atoms with Gasteiger partial charge in [0.1, 0.15) is 0 Å². The zero-order chi connectivity index (χ0) is 11.4. The molecule has 0 spiro atoms. The summed E-state index contributed by atoms with van der Waals surface area (Å²) in [7, 11) is 2.00. The fourth-order valence-electron chi connectivity index (χ4n) is 2.69. The number of nitrogens with zero attached hydrogens (tertiary/aromatic N) is 1. The van der Waals surface area contributed by atoms with Crippen LogP contribution in [0.4, 0.5) is 0 Å². The Kier molecular flexibility index (Phi) is 4.19. The molecule has 0 bridgehead atoms. The molecule has 1 aromatic heterocycles. The Morgan fingerprint density at radius 1 is 1.38 bits per heavy atom. The monoisotopic (exact) mass is 238 g/mol. The average Bonchev–Trinajstić information content (AvgIpc) is 2.34. The van der Waals surface area contributed by atoms with Crippen molar-refractivity contribution >= 4 is 11.6 Å². The van der Waals surface area contributed by atoms with E-state index in [9.17, 15) is 0 Å². The summed E-state index contributed by atoms with van der Waals surface area (Å²) in [5, 5.41) is 4.17. The molecule has 1 aliphatic carbocycles. The lowest BCUT2D eigenvalue weighted by Gasteiger charge is -2.30. The lowest BCUT2D eigenvalue weighted by Crippen LogP contribution is -2.28. The highest BCUT2D eigenvalue weighted by atomic mass is 35.5. The van der Waals surface area contributed by atoms with E-state index in [0.717, 1.165) is 10.7 Å². The van der Waals surface area contributed by atoms with Gasteiger partial charge in [-0.25, -0.2) is 0 Å². The molecule has 0 amide bonds. The minimum atomic E-state index is 0.314. The fraction of sp³-hybridized carbons (Fsp3) is 0.615.